The minimum absolute atomic E-state index is 0.0174. The van der Waals surface area contributed by atoms with E-state index in [0.717, 1.165) is 54.3 Å². The molecular formula is C26H35N5O3S. The Morgan fingerprint density at radius 3 is 2.17 bits per heavy atom. The fourth-order valence-corrected chi connectivity index (χ4v) is 4.92. The average Bonchev–Trinajstić information content (AvgIpc) is 2.87. The minimum Gasteiger partial charge on any atom is -0.378 e. The third kappa shape index (κ3) is 6.52. The molecule has 9 heteroatoms. The van der Waals surface area contributed by atoms with Gasteiger partial charge in [-0.3, -0.25) is 9.59 Å². The van der Waals surface area contributed by atoms with Crippen LogP contribution in [0.4, 0.5) is 5.82 Å². The third-order valence-corrected chi connectivity index (χ3v) is 7.30. The number of carbonyl (C=O) groups excluding carboxylic acids is 2. The van der Waals surface area contributed by atoms with Crippen LogP contribution in [0.15, 0.2) is 35.5 Å². The van der Waals surface area contributed by atoms with Gasteiger partial charge < -0.3 is 19.4 Å². The number of amides is 2. The van der Waals surface area contributed by atoms with Gasteiger partial charge in [0.25, 0.3) is 5.91 Å². The standard InChI is InChI=1S/C26H35N5O3S/c1-19(32)29-9-11-31(12-10-29)24(33)21-7-5-20(6-8-21)18-35-25-27-22(26(2,3)4)17-23(28-25)30-13-15-34-16-14-30/h5-8,17H,9-16,18H2,1-4H3. The monoisotopic (exact) mass is 497 g/mol. The Bertz CT molecular complexity index is 1040. The van der Waals surface area contributed by atoms with E-state index in [4.69, 9.17) is 14.7 Å². The van der Waals surface area contributed by atoms with Crippen molar-refractivity contribution in [3.8, 4) is 0 Å². The van der Waals surface area contributed by atoms with Crippen molar-refractivity contribution >= 4 is 29.4 Å². The van der Waals surface area contributed by atoms with E-state index >= 15 is 0 Å². The molecular weight excluding hydrogens is 462 g/mol. The first kappa shape index (κ1) is 25.4. The van der Waals surface area contributed by atoms with Gasteiger partial charge >= 0.3 is 0 Å². The summed E-state index contributed by atoms with van der Waals surface area (Å²) >= 11 is 1.61. The normalized spacial score (nSPS) is 17.0. The van der Waals surface area contributed by atoms with Gasteiger partial charge in [-0.15, -0.1) is 0 Å². The Morgan fingerprint density at radius 1 is 0.943 bits per heavy atom. The van der Waals surface area contributed by atoms with Gasteiger partial charge in [-0.05, 0) is 17.7 Å². The van der Waals surface area contributed by atoms with E-state index in [1.54, 1.807) is 23.6 Å². The Morgan fingerprint density at radius 2 is 1.57 bits per heavy atom. The molecule has 0 aliphatic carbocycles. The molecule has 1 aromatic carbocycles. The van der Waals surface area contributed by atoms with E-state index in [-0.39, 0.29) is 17.2 Å². The average molecular weight is 498 g/mol. The SMILES string of the molecule is CC(=O)N1CCN(C(=O)c2ccc(CSc3nc(N4CCOCC4)cc(C(C)(C)C)n3)cc2)CC1. The molecule has 2 aromatic rings. The molecule has 4 rings (SSSR count). The van der Waals surface area contributed by atoms with E-state index in [0.29, 0.717) is 31.7 Å². The Hall–Kier alpha value is -2.65. The molecule has 0 spiro atoms. The second kappa shape index (κ2) is 11.0. The van der Waals surface area contributed by atoms with E-state index in [1.165, 1.54) is 0 Å². The summed E-state index contributed by atoms with van der Waals surface area (Å²) < 4.78 is 5.50. The number of hydrogen-bond donors (Lipinski definition) is 0. The number of hydrogen-bond acceptors (Lipinski definition) is 7. The summed E-state index contributed by atoms with van der Waals surface area (Å²) in [7, 11) is 0. The lowest BCUT2D eigenvalue weighted by atomic mass is 9.92. The molecule has 1 aromatic heterocycles. The molecule has 3 heterocycles. The fourth-order valence-electron chi connectivity index (χ4n) is 4.11. The van der Waals surface area contributed by atoms with Crippen LogP contribution in [-0.4, -0.2) is 84.1 Å². The lowest BCUT2D eigenvalue weighted by molar-refractivity contribution is -0.130. The van der Waals surface area contributed by atoms with E-state index in [2.05, 4.69) is 31.7 Å². The van der Waals surface area contributed by atoms with Crippen LogP contribution in [0.25, 0.3) is 0 Å². The molecule has 188 valence electrons. The number of aromatic nitrogens is 2. The number of nitrogens with zero attached hydrogens (tertiary/aromatic N) is 5. The Kier molecular flexibility index (Phi) is 7.96. The van der Waals surface area contributed by atoms with Crippen LogP contribution in [0.3, 0.4) is 0 Å². The van der Waals surface area contributed by atoms with Crippen molar-refractivity contribution in [2.75, 3.05) is 57.4 Å². The Balaban J connectivity index is 1.40. The fraction of sp³-hybridized carbons (Fsp3) is 0.538. The molecule has 35 heavy (non-hydrogen) atoms. The highest BCUT2D eigenvalue weighted by atomic mass is 32.2. The summed E-state index contributed by atoms with van der Waals surface area (Å²) in [6, 6.07) is 9.89. The van der Waals surface area contributed by atoms with Crippen molar-refractivity contribution < 1.29 is 14.3 Å². The lowest BCUT2D eigenvalue weighted by Crippen LogP contribution is -2.50. The van der Waals surface area contributed by atoms with Crippen LogP contribution < -0.4 is 4.90 Å². The molecule has 8 nitrogen and oxygen atoms in total. The maximum absolute atomic E-state index is 12.9. The maximum Gasteiger partial charge on any atom is 0.253 e. The number of rotatable bonds is 5. The largest absolute Gasteiger partial charge is 0.378 e. The summed E-state index contributed by atoms with van der Waals surface area (Å²) in [5, 5.41) is 0.766. The number of benzene rings is 1. The van der Waals surface area contributed by atoms with Crippen molar-refractivity contribution in [1.82, 2.24) is 19.8 Å². The summed E-state index contributed by atoms with van der Waals surface area (Å²) in [6.07, 6.45) is 0. The number of morpholine rings is 1. The van der Waals surface area contributed by atoms with Crippen molar-refractivity contribution in [2.24, 2.45) is 0 Å². The highest BCUT2D eigenvalue weighted by Gasteiger charge is 2.24. The molecule has 2 saturated heterocycles. The molecule has 0 radical (unpaired) electrons. The molecule has 2 aliphatic heterocycles. The summed E-state index contributed by atoms with van der Waals surface area (Å²) in [5.74, 6) is 1.76. The maximum atomic E-state index is 12.9. The zero-order valence-electron chi connectivity index (χ0n) is 21.1. The third-order valence-electron chi connectivity index (χ3n) is 6.38. The van der Waals surface area contributed by atoms with E-state index < -0.39 is 0 Å². The molecule has 2 aliphatic rings. The number of ether oxygens (including phenoxy) is 1. The second-order valence-corrected chi connectivity index (χ2v) is 11.0. The van der Waals surface area contributed by atoms with Crippen molar-refractivity contribution in [1.29, 1.82) is 0 Å². The van der Waals surface area contributed by atoms with Crippen LogP contribution in [0, 0.1) is 0 Å². The summed E-state index contributed by atoms with van der Waals surface area (Å²) in [6.45, 7) is 13.5. The van der Waals surface area contributed by atoms with Gasteiger partial charge in [-0.1, -0.05) is 44.7 Å². The van der Waals surface area contributed by atoms with Gasteiger partial charge in [0.15, 0.2) is 5.16 Å². The van der Waals surface area contributed by atoms with Gasteiger partial charge in [0.2, 0.25) is 5.91 Å². The quantitative estimate of drug-likeness (QED) is 0.464. The lowest BCUT2D eigenvalue weighted by Gasteiger charge is -2.34. The topological polar surface area (TPSA) is 78.9 Å². The highest BCUT2D eigenvalue weighted by molar-refractivity contribution is 7.98. The summed E-state index contributed by atoms with van der Waals surface area (Å²) in [5.41, 5.74) is 2.75. The van der Waals surface area contributed by atoms with Gasteiger partial charge in [-0.25, -0.2) is 9.97 Å². The first-order chi connectivity index (χ1) is 16.7. The predicted octanol–water partition coefficient (Wildman–Crippen LogP) is 3.21. The zero-order chi connectivity index (χ0) is 25.0. The molecule has 0 N–H and O–H groups in total. The van der Waals surface area contributed by atoms with Crippen molar-refractivity contribution in [3.05, 3.63) is 47.2 Å². The van der Waals surface area contributed by atoms with Crippen molar-refractivity contribution in [2.45, 2.75) is 44.0 Å². The van der Waals surface area contributed by atoms with Gasteiger partial charge in [0.1, 0.15) is 5.82 Å². The molecule has 0 atom stereocenters. The molecule has 0 unspecified atom stereocenters. The predicted molar refractivity (Wildman–Crippen MR) is 138 cm³/mol. The van der Waals surface area contributed by atoms with Crippen LogP contribution in [0.2, 0.25) is 0 Å². The first-order valence-electron chi connectivity index (χ1n) is 12.2. The number of anilines is 1. The Labute approximate surface area is 212 Å². The van der Waals surface area contributed by atoms with Crippen LogP contribution in [0.5, 0.6) is 0 Å². The minimum atomic E-state index is -0.0722. The molecule has 0 saturated carbocycles. The number of carbonyl (C=O) groups is 2. The van der Waals surface area contributed by atoms with E-state index in [9.17, 15) is 9.59 Å². The molecule has 2 amide bonds. The first-order valence-corrected chi connectivity index (χ1v) is 13.2. The smallest absolute Gasteiger partial charge is 0.253 e. The van der Waals surface area contributed by atoms with Crippen LogP contribution in [-0.2, 0) is 20.7 Å². The molecule has 0 bridgehead atoms. The number of thioether (sulfide) groups is 1. The molecule has 2 fully saturated rings. The van der Waals surface area contributed by atoms with Crippen LogP contribution >= 0.6 is 11.8 Å². The van der Waals surface area contributed by atoms with Gasteiger partial charge in [0.05, 0.1) is 18.9 Å². The second-order valence-electron chi connectivity index (χ2n) is 10.0. The van der Waals surface area contributed by atoms with Crippen LogP contribution in [0.1, 0.15) is 49.3 Å². The van der Waals surface area contributed by atoms with Gasteiger partial charge in [0, 0.05) is 69.0 Å². The van der Waals surface area contributed by atoms with Gasteiger partial charge in [-0.2, -0.15) is 0 Å². The van der Waals surface area contributed by atoms with Crippen molar-refractivity contribution in [3.63, 3.8) is 0 Å². The zero-order valence-corrected chi connectivity index (χ0v) is 21.9. The number of piperazine rings is 1. The van der Waals surface area contributed by atoms with E-state index in [1.807, 2.05) is 29.2 Å². The highest BCUT2D eigenvalue weighted by Crippen LogP contribution is 2.29. The summed E-state index contributed by atoms with van der Waals surface area (Å²) in [4.78, 5) is 39.9.